The van der Waals surface area contributed by atoms with Crippen molar-refractivity contribution in [1.29, 1.82) is 0 Å². The molecule has 0 saturated carbocycles. The van der Waals surface area contributed by atoms with Crippen molar-refractivity contribution in [3.05, 3.63) is 12.7 Å². The number of hydrogen-bond acceptors (Lipinski definition) is 9. The summed E-state index contributed by atoms with van der Waals surface area (Å²) in [6.45, 7) is 3.63. The van der Waals surface area contributed by atoms with Gasteiger partial charge in [-0.25, -0.2) is 10.8 Å². The fourth-order valence-corrected chi connectivity index (χ4v) is 2.16. The van der Waals surface area contributed by atoms with E-state index in [1.54, 1.807) is 0 Å². The Hall–Kier alpha value is -2.33. The molecule has 21 heavy (non-hydrogen) atoms. The minimum absolute atomic E-state index is 0.211. The number of hydrazine groups is 1. The molecule has 2 aromatic rings. The molecular formula is C11H17N9O. The van der Waals surface area contributed by atoms with Crippen LogP contribution in [0.25, 0.3) is 5.95 Å². The number of nitrogens with one attached hydrogen (secondary N) is 1. The van der Waals surface area contributed by atoms with Crippen LogP contribution in [0.1, 0.15) is 12.8 Å². The summed E-state index contributed by atoms with van der Waals surface area (Å²) in [4.78, 5) is 18.5. The molecule has 1 fully saturated rings. The SMILES string of the molecule is NNc1nc(OCCN2CCCC2)nc(-n2cncn2)n1. The van der Waals surface area contributed by atoms with Crippen LogP contribution in [0, 0.1) is 0 Å². The zero-order chi connectivity index (χ0) is 14.5. The van der Waals surface area contributed by atoms with E-state index in [2.05, 4.69) is 35.4 Å². The van der Waals surface area contributed by atoms with E-state index in [0.717, 1.165) is 19.6 Å². The number of likely N-dealkylation sites (tertiary alicyclic amines) is 1. The maximum atomic E-state index is 5.59. The van der Waals surface area contributed by atoms with E-state index in [4.69, 9.17) is 10.6 Å². The molecular weight excluding hydrogens is 274 g/mol. The Balaban J connectivity index is 1.67. The normalized spacial score (nSPS) is 15.3. The first kappa shape index (κ1) is 13.6. The molecule has 0 unspecified atom stereocenters. The van der Waals surface area contributed by atoms with Crippen LogP contribution in [0.4, 0.5) is 5.95 Å². The van der Waals surface area contributed by atoms with Gasteiger partial charge in [0.05, 0.1) is 0 Å². The van der Waals surface area contributed by atoms with E-state index in [1.165, 1.54) is 30.2 Å². The smallest absolute Gasteiger partial charge is 0.323 e. The molecule has 0 aliphatic carbocycles. The summed E-state index contributed by atoms with van der Waals surface area (Å²) in [6.07, 6.45) is 5.39. The minimum Gasteiger partial charge on any atom is -0.462 e. The lowest BCUT2D eigenvalue weighted by molar-refractivity contribution is 0.225. The molecule has 0 radical (unpaired) electrons. The Kier molecular flexibility index (Phi) is 4.17. The van der Waals surface area contributed by atoms with Crippen molar-refractivity contribution in [2.24, 2.45) is 5.84 Å². The first-order valence-electron chi connectivity index (χ1n) is 6.78. The topological polar surface area (TPSA) is 120 Å². The largest absolute Gasteiger partial charge is 0.462 e. The van der Waals surface area contributed by atoms with Gasteiger partial charge in [-0.2, -0.15) is 24.7 Å². The second kappa shape index (κ2) is 6.41. The second-order valence-corrected chi connectivity index (χ2v) is 4.62. The highest BCUT2D eigenvalue weighted by atomic mass is 16.5. The molecule has 1 aliphatic heterocycles. The molecule has 1 aliphatic rings. The Bertz CT molecular complexity index is 567. The Morgan fingerprint density at radius 3 is 2.81 bits per heavy atom. The molecule has 0 amide bonds. The third-order valence-corrected chi connectivity index (χ3v) is 3.19. The summed E-state index contributed by atoms with van der Waals surface area (Å²) in [7, 11) is 0. The summed E-state index contributed by atoms with van der Waals surface area (Å²) in [5, 5.41) is 3.97. The highest BCUT2D eigenvalue weighted by molar-refractivity contribution is 5.27. The monoisotopic (exact) mass is 291 g/mol. The number of rotatable bonds is 6. The van der Waals surface area contributed by atoms with Crippen molar-refractivity contribution in [3.63, 3.8) is 0 Å². The molecule has 3 N–H and O–H groups in total. The van der Waals surface area contributed by atoms with Crippen molar-refractivity contribution >= 4 is 5.95 Å². The van der Waals surface area contributed by atoms with Crippen LogP contribution in [0.3, 0.4) is 0 Å². The van der Waals surface area contributed by atoms with Gasteiger partial charge in [0.1, 0.15) is 19.3 Å². The number of nitrogens with two attached hydrogens (primary N) is 1. The lowest BCUT2D eigenvalue weighted by Gasteiger charge is -2.14. The predicted octanol–water partition coefficient (Wildman–Crippen LogP) is -0.787. The summed E-state index contributed by atoms with van der Waals surface area (Å²) < 4.78 is 7.00. The van der Waals surface area contributed by atoms with Gasteiger partial charge in [-0.05, 0) is 25.9 Å². The Morgan fingerprint density at radius 1 is 1.24 bits per heavy atom. The quantitative estimate of drug-likeness (QED) is 0.521. The van der Waals surface area contributed by atoms with Crippen LogP contribution in [0.15, 0.2) is 12.7 Å². The van der Waals surface area contributed by atoms with Crippen LogP contribution in [0.2, 0.25) is 0 Å². The molecule has 10 nitrogen and oxygen atoms in total. The second-order valence-electron chi connectivity index (χ2n) is 4.62. The number of aromatic nitrogens is 6. The number of ether oxygens (including phenoxy) is 1. The molecule has 0 bridgehead atoms. The van der Waals surface area contributed by atoms with Gasteiger partial charge in [-0.15, -0.1) is 0 Å². The van der Waals surface area contributed by atoms with Gasteiger partial charge in [-0.3, -0.25) is 10.3 Å². The van der Waals surface area contributed by atoms with Crippen molar-refractivity contribution in [2.45, 2.75) is 12.8 Å². The molecule has 2 aromatic heterocycles. The molecule has 3 heterocycles. The average Bonchev–Trinajstić information content (AvgIpc) is 3.20. The lowest BCUT2D eigenvalue weighted by atomic mass is 10.4. The van der Waals surface area contributed by atoms with Gasteiger partial charge >= 0.3 is 6.01 Å². The van der Waals surface area contributed by atoms with E-state index in [-0.39, 0.29) is 12.0 Å². The summed E-state index contributed by atoms with van der Waals surface area (Å²) in [6, 6.07) is 0.211. The molecule has 3 rings (SSSR count). The summed E-state index contributed by atoms with van der Waals surface area (Å²) in [5.41, 5.74) is 2.39. The van der Waals surface area contributed by atoms with Gasteiger partial charge in [0.2, 0.25) is 5.95 Å². The van der Waals surface area contributed by atoms with E-state index >= 15 is 0 Å². The fraction of sp³-hybridized carbons (Fsp3) is 0.545. The van der Waals surface area contributed by atoms with Crippen molar-refractivity contribution in [1.82, 2.24) is 34.6 Å². The molecule has 112 valence electrons. The predicted molar refractivity (Wildman–Crippen MR) is 73.7 cm³/mol. The number of nitrogen functional groups attached to an aromatic ring is 1. The third kappa shape index (κ3) is 3.41. The van der Waals surface area contributed by atoms with Crippen LogP contribution in [-0.4, -0.2) is 60.9 Å². The maximum absolute atomic E-state index is 5.59. The fourth-order valence-electron chi connectivity index (χ4n) is 2.16. The van der Waals surface area contributed by atoms with Crippen LogP contribution < -0.4 is 16.0 Å². The number of hydrogen-bond donors (Lipinski definition) is 2. The molecule has 0 atom stereocenters. The summed E-state index contributed by atoms with van der Waals surface area (Å²) in [5.74, 6) is 5.87. The van der Waals surface area contributed by atoms with Crippen LogP contribution >= 0.6 is 0 Å². The van der Waals surface area contributed by atoms with E-state index in [0.29, 0.717) is 12.6 Å². The first-order valence-corrected chi connectivity index (χ1v) is 6.78. The van der Waals surface area contributed by atoms with Crippen molar-refractivity contribution in [2.75, 3.05) is 31.7 Å². The standard InChI is InChI=1S/C11H17N9O/c12-18-9-15-10(20-8-13-7-14-20)17-11(16-9)21-6-5-19-3-1-2-4-19/h7-8H,1-6,12H2,(H,15,16,17,18). The number of nitrogens with zero attached hydrogens (tertiary/aromatic N) is 7. The Morgan fingerprint density at radius 2 is 2.10 bits per heavy atom. The minimum atomic E-state index is 0.211. The van der Waals surface area contributed by atoms with E-state index in [1.807, 2.05) is 0 Å². The highest BCUT2D eigenvalue weighted by Gasteiger charge is 2.13. The van der Waals surface area contributed by atoms with Gasteiger partial charge < -0.3 is 4.74 Å². The lowest BCUT2D eigenvalue weighted by Crippen LogP contribution is -2.25. The first-order chi connectivity index (χ1) is 10.3. The number of anilines is 1. The average molecular weight is 291 g/mol. The van der Waals surface area contributed by atoms with E-state index < -0.39 is 0 Å². The van der Waals surface area contributed by atoms with Crippen molar-refractivity contribution < 1.29 is 4.74 Å². The Labute approximate surface area is 121 Å². The maximum Gasteiger partial charge on any atom is 0.323 e. The highest BCUT2D eigenvalue weighted by Crippen LogP contribution is 2.10. The zero-order valence-electron chi connectivity index (χ0n) is 11.5. The van der Waals surface area contributed by atoms with Gasteiger partial charge in [0.15, 0.2) is 0 Å². The molecule has 10 heteroatoms. The zero-order valence-corrected chi connectivity index (χ0v) is 11.5. The van der Waals surface area contributed by atoms with E-state index in [9.17, 15) is 0 Å². The van der Waals surface area contributed by atoms with Crippen LogP contribution in [0.5, 0.6) is 6.01 Å². The molecule has 1 saturated heterocycles. The van der Waals surface area contributed by atoms with Crippen molar-refractivity contribution in [3.8, 4) is 12.0 Å². The summed E-state index contributed by atoms with van der Waals surface area (Å²) >= 11 is 0. The molecule has 0 spiro atoms. The molecule has 0 aromatic carbocycles. The van der Waals surface area contributed by atoms with Gasteiger partial charge in [0.25, 0.3) is 5.95 Å². The van der Waals surface area contributed by atoms with Crippen LogP contribution in [-0.2, 0) is 0 Å². The third-order valence-electron chi connectivity index (χ3n) is 3.19. The van der Waals surface area contributed by atoms with Gasteiger partial charge in [0, 0.05) is 6.54 Å². The van der Waals surface area contributed by atoms with Gasteiger partial charge in [-0.1, -0.05) is 0 Å².